The van der Waals surface area contributed by atoms with Crippen molar-refractivity contribution in [3.05, 3.63) is 54.4 Å². The molecule has 0 saturated carbocycles. The molecule has 0 bridgehead atoms. The number of aliphatic hydroxyl groups excluding tert-OH is 1. The van der Waals surface area contributed by atoms with Crippen molar-refractivity contribution in [1.82, 2.24) is 14.3 Å². The van der Waals surface area contributed by atoms with Crippen LogP contribution in [0.1, 0.15) is 12.0 Å². The SMILES string of the molecule is CN(CCO)S(=O)(=O)c1cc(-c2ccc3nccc(C4=CC=NCC4)c3c2)cnc1N. The first-order valence-corrected chi connectivity index (χ1v) is 11.3. The molecule has 3 aromatic rings. The average Bonchev–Trinajstić information content (AvgIpc) is 2.79. The number of nitrogen functional groups attached to an aromatic ring is 1. The first-order valence-electron chi connectivity index (χ1n) is 9.83. The van der Waals surface area contributed by atoms with Gasteiger partial charge in [-0.3, -0.25) is 9.98 Å². The third kappa shape index (κ3) is 4.07. The van der Waals surface area contributed by atoms with Crippen molar-refractivity contribution < 1.29 is 13.5 Å². The fourth-order valence-corrected chi connectivity index (χ4v) is 4.82. The molecule has 1 aliphatic rings. The predicted molar refractivity (Wildman–Crippen MR) is 122 cm³/mol. The number of hydrogen-bond donors (Lipinski definition) is 2. The molecule has 0 saturated heterocycles. The standard InChI is InChI=1S/C22H23N5O3S/c1-27(10-11-28)31(29,30)21-13-17(14-26-22(21)23)16-2-3-20-19(12-16)18(6-9-25-20)15-4-7-24-8-5-15/h2-4,6-7,9,12-14,28H,5,8,10-11H2,1H3,(H2,23,26). The number of likely N-dealkylation sites (N-methyl/N-ethyl adjacent to an activating group) is 1. The molecule has 0 aliphatic carbocycles. The lowest BCUT2D eigenvalue weighted by atomic mass is 9.95. The fourth-order valence-electron chi connectivity index (χ4n) is 3.56. The normalized spacial score (nSPS) is 14.2. The van der Waals surface area contributed by atoms with Crippen molar-refractivity contribution in [2.75, 3.05) is 32.5 Å². The van der Waals surface area contributed by atoms with E-state index in [9.17, 15) is 8.42 Å². The average molecular weight is 438 g/mol. The quantitative estimate of drug-likeness (QED) is 0.610. The molecule has 0 spiro atoms. The van der Waals surface area contributed by atoms with Crippen LogP contribution >= 0.6 is 0 Å². The minimum atomic E-state index is -3.88. The Hall–Kier alpha value is -3.14. The van der Waals surface area contributed by atoms with Crippen molar-refractivity contribution in [1.29, 1.82) is 0 Å². The Morgan fingerprint density at radius 3 is 2.74 bits per heavy atom. The van der Waals surface area contributed by atoms with E-state index in [4.69, 9.17) is 10.8 Å². The summed E-state index contributed by atoms with van der Waals surface area (Å²) in [6.07, 6.45) is 8.03. The number of allylic oxidation sites excluding steroid dienone is 1. The van der Waals surface area contributed by atoms with E-state index in [-0.39, 0.29) is 23.9 Å². The van der Waals surface area contributed by atoms with E-state index in [2.05, 4.69) is 15.0 Å². The molecule has 0 radical (unpaired) electrons. The number of pyridine rings is 2. The third-order valence-electron chi connectivity index (χ3n) is 5.30. The largest absolute Gasteiger partial charge is 0.395 e. The van der Waals surface area contributed by atoms with Crippen molar-refractivity contribution >= 4 is 38.5 Å². The van der Waals surface area contributed by atoms with Crippen LogP contribution in [0.5, 0.6) is 0 Å². The van der Waals surface area contributed by atoms with Crippen molar-refractivity contribution in [2.24, 2.45) is 4.99 Å². The van der Waals surface area contributed by atoms with Crippen LogP contribution in [0.25, 0.3) is 27.6 Å². The number of aromatic nitrogens is 2. The molecule has 1 aromatic carbocycles. The summed E-state index contributed by atoms with van der Waals surface area (Å²) in [7, 11) is -2.48. The van der Waals surface area contributed by atoms with Crippen LogP contribution in [-0.4, -0.2) is 60.8 Å². The van der Waals surface area contributed by atoms with E-state index in [1.54, 1.807) is 12.4 Å². The Labute approximate surface area is 180 Å². The molecule has 0 atom stereocenters. The van der Waals surface area contributed by atoms with Gasteiger partial charge in [-0.15, -0.1) is 0 Å². The summed E-state index contributed by atoms with van der Waals surface area (Å²) < 4.78 is 26.8. The van der Waals surface area contributed by atoms with Gasteiger partial charge >= 0.3 is 0 Å². The lowest BCUT2D eigenvalue weighted by Gasteiger charge is -2.17. The van der Waals surface area contributed by atoms with Gasteiger partial charge in [0.1, 0.15) is 10.7 Å². The summed E-state index contributed by atoms with van der Waals surface area (Å²) >= 11 is 0. The predicted octanol–water partition coefficient (Wildman–Crippen LogP) is 2.35. The summed E-state index contributed by atoms with van der Waals surface area (Å²) in [5, 5.41) is 10.1. The van der Waals surface area contributed by atoms with Gasteiger partial charge in [-0.1, -0.05) is 6.07 Å². The van der Waals surface area contributed by atoms with Gasteiger partial charge in [0.05, 0.1) is 12.1 Å². The highest BCUT2D eigenvalue weighted by Crippen LogP contribution is 2.32. The van der Waals surface area contributed by atoms with E-state index >= 15 is 0 Å². The second-order valence-electron chi connectivity index (χ2n) is 7.25. The Morgan fingerprint density at radius 2 is 2.00 bits per heavy atom. The Bertz CT molecular complexity index is 1300. The monoisotopic (exact) mass is 437 g/mol. The Balaban J connectivity index is 1.83. The van der Waals surface area contributed by atoms with Gasteiger partial charge in [0.25, 0.3) is 0 Å². The van der Waals surface area contributed by atoms with Gasteiger partial charge < -0.3 is 10.8 Å². The number of dihydropyridines is 1. The number of sulfonamides is 1. The molecule has 1 aliphatic heterocycles. The molecule has 0 unspecified atom stereocenters. The van der Waals surface area contributed by atoms with Crippen LogP contribution < -0.4 is 5.73 Å². The molecule has 0 amide bonds. The number of aliphatic imine (C=N–C) groups is 1. The highest BCUT2D eigenvalue weighted by molar-refractivity contribution is 7.89. The smallest absolute Gasteiger partial charge is 0.246 e. The summed E-state index contributed by atoms with van der Waals surface area (Å²) in [6, 6.07) is 9.30. The second-order valence-corrected chi connectivity index (χ2v) is 9.26. The number of hydrogen-bond acceptors (Lipinski definition) is 7. The molecule has 31 heavy (non-hydrogen) atoms. The third-order valence-corrected chi connectivity index (χ3v) is 7.18. The fraction of sp³-hybridized carbons (Fsp3) is 0.227. The summed E-state index contributed by atoms with van der Waals surface area (Å²) in [5.74, 6) is -0.0802. The van der Waals surface area contributed by atoms with Crippen molar-refractivity contribution in [2.45, 2.75) is 11.3 Å². The zero-order chi connectivity index (χ0) is 22.0. The zero-order valence-corrected chi connectivity index (χ0v) is 17.9. The molecule has 9 heteroatoms. The molecule has 4 rings (SSSR count). The van der Waals surface area contributed by atoms with Gasteiger partial charge in [0, 0.05) is 49.7 Å². The number of benzene rings is 1. The van der Waals surface area contributed by atoms with E-state index in [1.165, 1.54) is 18.7 Å². The highest BCUT2D eigenvalue weighted by Gasteiger charge is 2.24. The number of aliphatic hydroxyl groups is 1. The van der Waals surface area contributed by atoms with Gasteiger partial charge in [-0.05, 0) is 53.5 Å². The number of nitrogens with zero attached hydrogens (tertiary/aromatic N) is 4. The van der Waals surface area contributed by atoms with Crippen molar-refractivity contribution in [3.8, 4) is 11.1 Å². The number of rotatable bonds is 6. The number of anilines is 1. The summed E-state index contributed by atoms with van der Waals surface area (Å²) in [5.41, 5.74) is 10.4. The minimum Gasteiger partial charge on any atom is -0.395 e. The molecule has 2 aromatic heterocycles. The molecular formula is C22H23N5O3S. The molecule has 3 heterocycles. The maximum Gasteiger partial charge on any atom is 0.246 e. The molecular weight excluding hydrogens is 414 g/mol. The topological polar surface area (TPSA) is 122 Å². The maximum atomic E-state index is 12.9. The molecule has 160 valence electrons. The first-order chi connectivity index (χ1) is 14.9. The highest BCUT2D eigenvalue weighted by atomic mass is 32.2. The Kier molecular flexibility index (Phi) is 5.81. The minimum absolute atomic E-state index is 0.0323. The number of fused-ring (bicyclic) bond motifs is 1. The Morgan fingerprint density at radius 1 is 1.16 bits per heavy atom. The van der Waals surface area contributed by atoms with E-state index in [0.29, 0.717) is 5.56 Å². The summed E-state index contributed by atoms with van der Waals surface area (Å²) in [6.45, 7) is 0.430. The van der Waals surface area contributed by atoms with Crippen LogP contribution in [-0.2, 0) is 10.0 Å². The van der Waals surface area contributed by atoms with Gasteiger partial charge in [-0.25, -0.2) is 13.4 Å². The number of nitrogens with two attached hydrogens (primary N) is 1. The van der Waals surface area contributed by atoms with Gasteiger partial charge in [0.15, 0.2) is 0 Å². The van der Waals surface area contributed by atoms with Crippen LogP contribution in [0.15, 0.2) is 58.7 Å². The van der Waals surface area contributed by atoms with E-state index in [0.717, 1.165) is 39.3 Å². The summed E-state index contributed by atoms with van der Waals surface area (Å²) in [4.78, 5) is 12.8. The van der Waals surface area contributed by atoms with Gasteiger partial charge in [0.2, 0.25) is 10.0 Å². The van der Waals surface area contributed by atoms with E-state index in [1.807, 2.05) is 36.6 Å². The zero-order valence-electron chi connectivity index (χ0n) is 17.1. The maximum absolute atomic E-state index is 12.9. The molecule has 8 nitrogen and oxygen atoms in total. The van der Waals surface area contributed by atoms with Crippen LogP contribution in [0, 0.1) is 0 Å². The van der Waals surface area contributed by atoms with Crippen LogP contribution in [0.3, 0.4) is 0 Å². The van der Waals surface area contributed by atoms with Crippen LogP contribution in [0.2, 0.25) is 0 Å². The molecule has 0 fully saturated rings. The molecule has 3 N–H and O–H groups in total. The first kappa shape index (κ1) is 21.1. The van der Waals surface area contributed by atoms with Gasteiger partial charge in [-0.2, -0.15) is 4.31 Å². The lowest BCUT2D eigenvalue weighted by Crippen LogP contribution is -2.30. The van der Waals surface area contributed by atoms with Crippen molar-refractivity contribution in [3.63, 3.8) is 0 Å². The lowest BCUT2D eigenvalue weighted by molar-refractivity contribution is 0.266. The van der Waals surface area contributed by atoms with E-state index < -0.39 is 10.0 Å². The van der Waals surface area contributed by atoms with Crippen LogP contribution in [0.4, 0.5) is 5.82 Å². The second kappa shape index (κ2) is 8.54.